The molecule has 0 radical (unpaired) electrons. The van der Waals surface area contributed by atoms with Crippen molar-refractivity contribution in [1.29, 1.82) is 0 Å². The minimum Gasteiger partial charge on any atom is -0.392 e. The number of aryl methyl sites for hydroxylation is 1. The van der Waals surface area contributed by atoms with Gasteiger partial charge in [-0.25, -0.2) is 0 Å². The second-order valence-corrected chi connectivity index (χ2v) is 4.47. The lowest BCUT2D eigenvalue weighted by Crippen LogP contribution is -2.33. The van der Waals surface area contributed by atoms with E-state index < -0.39 is 0 Å². The summed E-state index contributed by atoms with van der Waals surface area (Å²) in [4.78, 5) is 7.25. The molecule has 0 saturated heterocycles. The summed E-state index contributed by atoms with van der Waals surface area (Å²) >= 11 is 4.94. The molecule has 88 valence electrons. The molecule has 1 aromatic heterocycles. The molecule has 0 aliphatic heterocycles. The monoisotopic (exact) mass is 237 g/mol. The highest BCUT2D eigenvalue weighted by Gasteiger charge is 2.07. The molecule has 0 aliphatic rings. The Morgan fingerprint density at radius 3 is 2.81 bits per heavy atom. The first kappa shape index (κ1) is 13.1. The van der Waals surface area contributed by atoms with Crippen molar-refractivity contribution in [3.8, 4) is 0 Å². The van der Waals surface area contributed by atoms with Gasteiger partial charge in [-0.3, -0.25) is 9.88 Å². The molecule has 0 unspecified atom stereocenters. The summed E-state index contributed by atoms with van der Waals surface area (Å²) in [5, 5.41) is 0. The first-order valence-corrected chi connectivity index (χ1v) is 5.96. The average molecular weight is 237 g/mol. The van der Waals surface area contributed by atoms with Gasteiger partial charge in [0.05, 0.1) is 10.7 Å². The minimum atomic E-state index is 0.543. The van der Waals surface area contributed by atoms with Crippen molar-refractivity contribution < 1.29 is 0 Å². The molecule has 2 N–H and O–H groups in total. The van der Waals surface area contributed by atoms with E-state index in [2.05, 4.69) is 16.8 Å². The Bertz CT molecular complexity index is 352. The van der Waals surface area contributed by atoms with Crippen LogP contribution in [0.5, 0.6) is 0 Å². The summed E-state index contributed by atoms with van der Waals surface area (Å²) < 4.78 is 0. The molecule has 0 saturated carbocycles. The molecule has 1 rings (SSSR count). The van der Waals surface area contributed by atoms with Crippen LogP contribution < -0.4 is 5.73 Å². The van der Waals surface area contributed by atoms with Gasteiger partial charge in [0.2, 0.25) is 0 Å². The molecule has 0 aliphatic carbocycles. The van der Waals surface area contributed by atoms with Crippen molar-refractivity contribution in [2.45, 2.75) is 26.8 Å². The molecule has 4 heteroatoms. The van der Waals surface area contributed by atoms with E-state index in [9.17, 15) is 0 Å². The predicted molar refractivity (Wildman–Crippen MR) is 71.3 cm³/mol. The number of rotatable bonds is 6. The van der Waals surface area contributed by atoms with Crippen LogP contribution >= 0.6 is 12.2 Å². The molecule has 16 heavy (non-hydrogen) atoms. The van der Waals surface area contributed by atoms with Crippen LogP contribution in [0.4, 0.5) is 0 Å². The Hall–Kier alpha value is -1.00. The summed E-state index contributed by atoms with van der Waals surface area (Å²) in [5.74, 6) is 0. The van der Waals surface area contributed by atoms with E-state index in [0.717, 1.165) is 30.9 Å². The van der Waals surface area contributed by atoms with Crippen molar-refractivity contribution in [1.82, 2.24) is 9.88 Å². The van der Waals surface area contributed by atoms with E-state index in [1.54, 1.807) is 0 Å². The maximum Gasteiger partial charge on any atom is 0.0870 e. The second kappa shape index (κ2) is 6.55. The van der Waals surface area contributed by atoms with Gasteiger partial charge in [0, 0.05) is 18.8 Å². The van der Waals surface area contributed by atoms with Crippen LogP contribution in [0.2, 0.25) is 0 Å². The van der Waals surface area contributed by atoms with Crippen molar-refractivity contribution in [2.24, 2.45) is 5.73 Å². The molecule has 0 bridgehead atoms. The van der Waals surface area contributed by atoms with Gasteiger partial charge in [0.15, 0.2) is 0 Å². The third kappa shape index (κ3) is 4.68. The lowest BCUT2D eigenvalue weighted by Gasteiger charge is -2.20. The fourth-order valence-corrected chi connectivity index (χ4v) is 1.85. The molecule has 3 nitrogen and oxygen atoms in total. The number of nitrogens with zero attached hydrogens (tertiary/aromatic N) is 2. The van der Waals surface area contributed by atoms with Crippen molar-refractivity contribution >= 4 is 17.2 Å². The molecule has 1 aromatic rings. The molecule has 1 heterocycles. The average Bonchev–Trinajstić information content (AvgIpc) is 2.16. The minimum absolute atomic E-state index is 0.543. The van der Waals surface area contributed by atoms with Crippen molar-refractivity contribution in [3.63, 3.8) is 0 Å². The van der Waals surface area contributed by atoms with E-state index >= 15 is 0 Å². The van der Waals surface area contributed by atoms with Gasteiger partial charge in [0.1, 0.15) is 0 Å². The van der Waals surface area contributed by atoms with E-state index in [4.69, 9.17) is 18.0 Å². The van der Waals surface area contributed by atoms with Crippen LogP contribution in [-0.2, 0) is 6.54 Å². The molecule has 0 fully saturated rings. The van der Waals surface area contributed by atoms with E-state index in [0.29, 0.717) is 11.5 Å². The maximum absolute atomic E-state index is 5.58. The van der Waals surface area contributed by atoms with Crippen LogP contribution in [0.15, 0.2) is 18.2 Å². The van der Waals surface area contributed by atoms with Crippen LogP contribution in [0.25, 0.3) is 0 Å². The molecular formula is C12H19N3S. The molecule has 0 atom stereocenters. The number of thiocarbonyl (C=S) groups is 1. The Kier molecular flexibility index (Phi) is 5.35. The van der Waals surface area contributed by atoms with Gasteiger partial charge in [-0.05, 0) is 32.0 Å². The highest BCUT2D eigenvalue weighted by Crippen LogP contribution is 2.04. The third-order valence-electron chi connectivity index (χ3n) is 2.25. The SMILES string of the molecule is CCCN(CC(N)=S)Cc1cccc(C)n1. The molecular weight excluding hydrogens is 218 g/mol. The first-order valence-electron chi connectivity index (χ1n) is 5.55. The Morgan fingerprint density at radius 1 is 1.50 bits per heavy atom. The molecule has 0 amide bonds. The first-order chi connectivity index (χ1) is 7.61. The smallest absolute Gasteiger partial charge is 0.0870 e. The van der Waals surface area contributed by atoms with E-state index in [1.165, 1.54) is 0 Å². The normalized spacial score (nSPS) is 10.7. The van der Waals surface area contributed by atoms with Crippen LogP contribution in [0.3, 0.4) is 0 Å². The predicted octanol–water partition coefficient (Wildman–Crippen LogP) is 1.89. The highest BCUT2D eigenvalue weighted by atomic mass is 32.1. The highest BCUT2D eigenvalue weighted by molar-refractivity contribution is 7.80. The van der Waals surface area contributed by atoms with Crippen LogP contribution in [0.1, 0.15) is 24.7 Å². The van der Waals surface area contributed by atoms with Gasteiger partial charge in [-0.15, -0.1) is 0 Å². The topological polar surface area (TPSA) is 42.1 Å². The zero-order valence-corrected chi connectivity index (χ0v) is 10.8. The fourth-order valence-electron chi connectivity index (χ4n) is 1.67. The van der Waals surface area contributed by atoms with Gasteiger partial charge >= 0.3 is 0 Å². The summed E-state index contributed by atoms with van der Waals surface area (Å²) in [6, 6.07) is 6.07. The van der Waals surface area contributed by atoms with Gasteiger partial charge < -0.3 is 5.73 Å². The van der Waals surface area contributed by atoms with Crippen molar-refractivity contribution in [2.75, 3.05) is 13.1 Å². The lowest BCUT2D eigenvalue weighted by atomic mass is 10.3. The Labute approximate surface area is 103 Å². The van der Waals surface area contributed by atoms with E-state index in [1.807, 2.05) is 25.1 Å². The maximum atomic E-state index is 5.58. The Morgan fingerprint density at radius 2 is 2.25 bits per heavy atom. The van der Waals surface area contributed by atoms with Gasteiger partial charge in [0.25, 0.3) is 0 Å². The van der Waals surface area contributed by atoms with Gasteiger partial charge in [-0.2, -0.15) is 0 Å². The second-order valence-electron chi connectivity index (χ2n) is 3.95. The standard InChI is InChI=1S/C12H19N3S/c1-3-7-15(9-12(13)16)8-11-6-4-5-10(2)14-11/h4-6H,3,7-9H2,1-2H3,(H2,13,16). The van der Waals surface area contributed by atoms with Crippen LogP contribution in [-0.4, -0.2) is 28.0 Å². The van der Waals surface area contributed by atoms with Gasteiger partial charge in [-0.1, -0.05) is 25.2 Å². The largest absolute Gasteiger partial charge is 0.392 e. The fraction of sp³-hybridized carbons (Fsp3) is 0.500. The summed E-state index contributed by atoms with van der Waals surface area (Å²) in [5.41, 5.74) is 7.70. The number of nitrogens with two attached hydrogens (primary N) is 1. The quantitative estimate of drug-likeness (QED) is 0.767. The van der Waals surface area contributed by atoms with E-state index in [-0.39, 0.29) is 0 Å². The Balaban J connectivity index is 2.63. The lowest BCUT2D eigenvalue weighted by molar-refractivity contribution is 0.300. The summed E-state index contributed by atoms with van der Waals surface area (Å²) in [6.45, 7) is 6.62. The summed E-state index contributed by atoms with van der Waals surface area (Å²) in [7, 11) is 0. The molecule has 0 spiro atoms. The van der Waals surface area contributed by atoms with Crippen molar-refractivity contribution in [3.05, 3.63) is 29.6 Å². The number of hydrogen-bond acceptors (Lipinski definition) is 3. The van der Waals surface area contributed by atoms with Crippen LogP contribution in [0, 0.1) is 6.92 Å². The zero-order valence-electron chi connectivity index (χ0n) is 9.94. The number of aromatic nitrogens is 1. The number of hydrogen-bond donors (Lipinski definition) is 1. The summed E-state index contributed by atoms with van der Waals surface area (Å²) in [6.07, 6.45) is 1.09. The zero-order chi connectivity index (χ0) is 12.0. The third-order valence-corrected chi connectivity index (χ3v) is 2.38. The number of pyridine rings is 1. The molecule has 0 aromatic carbocycles.